The van der Waals surface area contributed by atoms with E-state index in [1.54, 1.807) is 11.3 Å². The SMILES string of the molecule is CCCN(C)Cc1cc(C#CCN)cs1. The Balaban J connectivity index is 2.52. The molecule has 0 aliphatic carbocycles. The van der Waals surface area contributed by atoms with Crippen LogP contribution < -0.4 is 5.73 Å². The third-order valence-electron chi connectivity index (χ3n) is 2.02. The molecule has 0 radical (unpaired) electrons. The topological polar surface area (TPSA) is 29.3 Å². The van der Waals surface area contributed by atoms with Crippen LogP contribution in [0.15, 0.2) is 11.4 Å². The first-order valence-electron chi connectivity index (χ1n) is 5.21. The minimum atomic E-state index is 0.431. The summed E-state index contributed by atoms with van der Waals surface area (Å²) in [7, 11) is 2.15. The quantitative estimate of drug-likeness (QED) is 0.788. The van der Waals surface area contributed by atoms with Crippen LogP contribution in [0.25, 0.3) is 0 Å². The Morgan fingerprint density at radius 1 is 1.53 bits per heavy atom. The van der Waals surface area contributed by atoms with Crippen LogP contribution >= 0.6 is 11.3 Å². The van der Waals surface area contributed by atoms with Crippen molar-refractivity contribution in [2.24, 2.45) is 5.73 Å². The predicted molar refractivity (Wildman–Crippen MR) is 66.9 cm³/mol. The molecule has 0 spiro atoms. The minimum absolute atomic E-state index is 0.431. The average Bonchev–Trinajstić information content (AvgIpc) is 2.63. The molecule has 15 heavy (non-hydrogen) atoms. The molecule has 0 fully saturated rings. The Bertz CT molecular complexity index is 346. The molecule has 3 heteroatoms. The highest BCUT2D eigenvalue weighted by atomic mass is 32.1. The van der Waals surface area contributed by atoms with Crippen molar-refractivity contribution in [2.45, 2.75) is 19.9 Å². The molecule has 0 saturated carbocycles. The standard InChI is InChI=1S/C12H18N2S/c1-3-7-14(2)9-12-8-11(10-15-12)5-4-6-13/h8,10H,3,6-7,9,13H2,1-2H3. The van der Waals surface area contributed by atoms with Crippen LogP contribution in [0.3, 0.4) is 0 Å². The maximum Gasteiger partial charge on any atom is 0.0555 e. The number of thiophene rings is 1. The van der Waals surface area contributed by atoms with Crippen molar-refractivity contribution in [3.63, 3.8) is 0 Å². The molecular formula is C12H18N2S. The first-order chi connectivity index (χ1) is 7.26. The van der Waals surface area contributed by atoms with E-state index in [2.05, 4.69) is 42.2 Å². The van der Waals surface area contributed by atoms with Crippen LogP contribution in [0.2, 0.25) is 0 Å². The molecule has 0 amide bonds. The molecule has 1 heterocycles. The van der Waals surface area contributed by atoms with Crippen molar-refractivity contribution in [2.75, 3.05) is 20.1 Å². The Labute approximate surface area is 96.1 Å². The zero-order valence-electron chi connectivity index (χ0n) is 9.42. The second-order valence-corrected chi connectivity index (χ2v) is 4.54. The van der Waals surface area contributed by atoms with Crippen LogP contribution in [-0.2, 0) is 6.54 Å². The lowest BCUT2D eigenvalue weighted by atomic mass is 10.3. The van der Waals surface area contributed by atoms with Crippen LogP contribution in [0.5, 0.6) is 0 Å². The first kappa shape index (κ1) is 12.3. The van der Waals surface area contributed by atoms with Gasteiger partial charge < -0.3 is 10.6 Å². The Morgan fingerprint density at radius 2 is 2.33 bits per heavy atom. The maximum absolute atomic E-state index is 5.33. The van der Waals surface area contributed by atoms with Crippen LogP contribution in [0, 0.1) is 11.8 Å². The van der Waals surface area contributed by atoms with Gasteiger partial charge in [-0.05, 0) is 26.1 Å². The van der Waals surface area contributed by atoms with Crippen LogP contribution in [0.1, 0.15) is 23.8 Å². The molecule has 0 bridgehead atoms. The fraction of sp³-hybridized carbons (Fsp3) is 0.500. The molecule has 2 nitrogen and oxygen atoms in total. The maximum atomic E-state index is 5.33. The van der Waals surface area contributed by atoms with Crippen molar-refractivity contribution < 1.29 is 0 Å². The zero-order chi connectivity index (χ0) is 11.1. The molecule has 0 atom stereocenters. The van der Waals surface area contributed by atoms with E-state index in [1.807, 2.05) is 0 Å². The van der Waals surface area contributed by atoms with Crippen LogP contribution in [0.4, 0.5) is 0 Å². The Kier molecular flexibility index (Phi) is 5.41. The molecule has 1 aromatic rings. The summed E-state index contributed by atoms with van der Waals surface area (Å²) in [6, 6.07) is 2.15. The van der Waals surface area contributed by atoms with Gasteiger partial charge in [0, 0.05) is 22.4 Å². The fourth-order valence-corrected chi connectivity index (χ4v) is 2.30. The largest absolute Gasteiger partial charge is 0.320 e. The van der Waals surface area contributed by atoms with Crippen molar-refractivity contribution in [1.29, 1.82) is 0 Å². The van der Waals surface area contributed by atoms with Gasteiger partial charge in [-0.25, -0.2) is 0 Å². The summed E-state index contributed by atoms with van der Waals surface area (Å²) in [5.41, 5.74) is 6.41. The average molecular weight is 222 g/mol. The smallest absolute Gasteiger partial charge is 0.0555 e. The van der Waals surface area contributed by atoms with Crippen LogP contribution in [-0.4, -0.2) is 25.0 Å². The number of nitrogens with two attached hydrogens (primary N) is 1. The van der Waals surface area contributed by atoms with Gasteiger partial charge >= 0.3 is 0 Å². The minimum Gasteiger partial charge on any atom is -0.320 e. The van der Waals surface area contributed by atoms with Gasteiger partial charge in [0.2, 0.25) is 0 Å². The van der Waals surface area contributed by atoms with Gasteiger partial charge in [0.25, 0.3) is 0 Å². The van der Waals surface area contributed by atoms with Crippen molar-refractivity contribution in [3.8, 4) is 11.8 Å². The van der Waals surface area contributed by atoms with Gasteiger partial charge in [-0.15, -0.1) is 11.3 Å². The van der Waals surface area contributed by atoms with Crippen molar-refractivity contribution in [3.05, 3.63) is 21.9 Å². The lowest BCUT2D eigenvalue weighted by Gasteiger charge is -2.13. The van der Waals surface area contributed by atoms with Gasteiger partial charge in [-0.2, -0.15) is 0 Å². The van der Waals surface area contributed by atoms with Gasteiger partial charge in [0.05, 0.1) is 6.54 Å². The molecule has 0 saturated heterocycles. The number of nitrogens with zero attached hydrogens (tertiary/aromatic N) is 1. The second-order valence-electron chi connectivity index (χ2n) is 3.55. The molecule has 1 rings (SSSR count). The molecule has 1 aromatic heterocycles. The summed E-state index contributed by atoms with van der Waals surface area (Å²) in [5.74, 6) is 5.91. The summed E-state index contributed by atoms with van der Waals surface area (Å²) in [5, 5.41) is 2.10. The number of hydrogen-bond donors (Lipinski definition) is 1. The lowest BCUT2D eigenvalue weighted by molar-refractivity contribution is 0.330. The lowest BCUT2D eigenvalue weighted by Crippen LogP contribution is -2.17. The predicted octanol–water partition coefficient (Wildman–Crippen LogP) is 1.90. The van der Waals surface area contributed by atoms with Crippen molar-refractivity contribution in [1.82, 2.24) is 4.90 Å². The molecule has 82 valence electrons. The highest BCUT2D eigenvalue weighted by Crippen LogP contribution is 2.15. The zero-order valence-corrected chi connectivity index (χ0v) is 10.2. The molecule has 2 N–H and O–H groups in total. The molecule has 0 aliphatic rings. The van der Waals surface area contributed by atoms with E-state index in [4.69, 9.17) is 5.73 Å². The number of hydrogen-bond acceptors (Lipinski definition) is 3. The summed E-state index contributed by atoms with van der Waals surface area (Å²) in [6.07, 6.45) is 1.20. The van der Waals surface area contributed by atoms with E-state index < -0.39 is 0 Å². The van der Waals surface area contributed by atoms with E-state index in [0.717, 1.165) is 18.7 Å². The molecule has 0 aliphatic heterocycles. The summed E-state index contributed by atoms with van der Waals surface area (Å²) >= 11 is 1.77. The summed E-state index contributed by atoms with van der Waals surface area (Å²) in [4.78, 5) is 3.69. The Hall–Kier alpha value is -0.820. The van der Waals surface area contributed by atoms with E-state index >= 15 is 0 Å². The van der Waals surface area contributed by atoms with E-state index in [9.17, 15) is 0 Å². The van der Waals surface area contributed by atoms with Gasteiger partial charge in [-0.3, -0.25) is 0 Å². The Morgan fingerprint density at radius 3 is 3.00 bits per heavy atom. The van der Waals surface area contributed by atoms with Crippen molar-refractivity contribution >= 4 is 11.3 Å². The third-order valence-corrected chi connectivity index (χ3v) is 2.94. The summed E-state index contributed by atoms with van der Waals surface area (Å²) in [6.45, 7) is 4.79. The fourth-order valence-electron chi connectivity index (χ4n) is 1.41. The van der Waals surface area contributed by atoms with E-state index in [1.165, 1.54) is 11.3 Å². The molecule has 0 aromatic carbocycles. The van der Waals surface area contributed by atoms with Gasteiger partial charge in [-0.1, -0.05) is 18.8 Å². The van der Waals surface area contributed by atoms with Gasteiger partial charge in [0.1, 0.15) is 0 Å². The van der Waals surface area contributed by atoms with Gasteiger partial charge in [0.15, 0.2) is 0 Å². The molecular weight excluding hydrogens is 204 g/mol. The number of rotatable bonds is 4. The highest BCUT2D eigenvalue weighted by molar-refractivity contribution is 7.10. The first-order valence-corrected chi connectivity index (χ1v) is 6.09. The third kappa shape index (κ3) is 4.48. The second kappa shape index (κ2) is 6.62. The molecule has 0 unspecified atom stereocenters. The summed E-state index contributed by atoms with van der Waals surface area (Å²) < 4.78 is 0. The van der Waals surface area contributed by atoms with E-state index in [0.29, 0.717) is 6.54 Å². The normalized spacial score (nSPS) is 10.1. The highest BCUT2D eigenvalue weighted by Gasteiger charge is 2.01. The monoisotopic (exact) mass is 222 g/mol. The van der Waals surface area contributed by atoms with E-state index in [-0.39, 0.29) is 0 Å².